The van der Waals surface area contributed by atoms with Crippen LogP contribution in [0.2, 0.25) is 0 Å². The number of nitro groups is 1. The summed E-state index contributed by atoms with van der Waals surface area (Å²) in [4.78, 5) is 10.1. The zero-order chi connectivity index (χ0) is 14.5. The van der Waals surface area contributed by atoms with Crippen molar-refractivity contribution in [3.8, 4) is 5.75 Å². The molecule has 0 radical (unpaired) electrons. The maximum atomic E-state index is 10.7. The smallest absolute Gasteiger partial charge is 0.270 e. The largest absolute Gasteiger partial charge is 0.507 e. The number of nitrogens with one attached hydrogen (secondary N) is 1. The van der Waals surface area contributed by atoms with E-state index < -0.39 is 4.92 Å². The van der Waals surface area contributed by atoms with Crippen molar-refractivity contribution in [2.75, 3.05) is 5.43 Å². The van der Waals surface area contributed by atoms with Crippen molar-refractivity contribution in [1.82, 2.24) is 0 Å². The van der Waals surface area contributed by atoms with E-state index in [1.54, 1.807) is 0 Å². The number of rotatable bonds is 4. The lowest BCUT2D eigenvalue weighted by Crippen LogP contribution is -1.94. The molecule has 102 valence electrons. The van der Waals surface area contributed by atoms with Gasteiger partial charge in [0.2, 0.25) is 0 Å². The Balaban J connectivity index is 2.17. The number of phenols is 1. The minimum Gasteiger partial charge on any atom is -0.507 e. The first-order valence-corrected chi connectivity index (χ1v) is 6.67. The molecule has 0 aliphatic rings. The van der Waals surface area contributed by atoms with Crippen molar-refractivity contribution < 1.29 is 10.0 Å². The number of nitrogens with zero attached hydrogens (tertiary/aromatic N) is 2. The number of halogens is 1. The molecule has 0 heterocycles. The van der Waals surface area contributed by atoms with Crippen LogP contribution < -0.4 is 5.43 Å². The topological polar surface area (TPSA) is 87.8 Å². The second-order valence-electron chi connectivity index (χ2n) is 3.85. The molecule has 2 aromatic rings. The number of benzene rings is 2. The van der Waals surface area contributed by atoms with Crippen LogP contribution in [0, 0.1) is 13.7 Å². The van der Waals surface area contributed by atoms with Crippen LogP contribution in [0.25, 0.3) is 0 Å². The molecule has 0 fully saturated rings. The fraction of sp³-hybridized carbons (Fsp3) is 0. The quantitative estimate of drug-likeness (QED) is 0.367. The van der Waals surface area contributed by atoms with Crippen molar-refractivity contribution in [2.24, 2.45) is 5.10 Å². The summed E-state index contributed by atoms with van der Waals surface area (Å²) >= 11 is 2.16. The fourth-order valence-electron chi connectivity index (χ4n) is 1.48. The van der Waals surface area contributed by atoms with E-state index in [0.29, 0.717) is 0 Å². The number of anilines is 1. The van der Waals surface area contributed by atoms with Gasteiger partial charge in [0, 0.05) is 21.3 Å². The number of hydrogen-bond donors (Lipinski definition) is 2. The van der Waals surface area contributed by atoms with Crippen LogP contribution in [-0.4, -0.2) is 16.2 Å². The van der Waals surface area contributed by atoms with E-state index in [9.17, 15) is 15.2 Å². The van der Waals surface area contributed by atoms with Gasteiger partial charge in [0.05, 0.1) is 16.8 Å². The van der Waals surface area contributed by atoms with E-state index in [-0.39, 0.29) is 17.0 Å². The van der Waals surface area contributed by atoms with E-state index >= 15 is 0 Å². The van der Waals surface area contributed by atoms with Crippen LogP contribution in [0.15, 0.2) is 47.6 Å². The average Bonchev–Trinajstić information content (AvgIpc) is 2.42. The molecular weight excluding hydrogens is 373 g/mol. The first kappa shape index (κ1) is 14.3. The Bertz CT molecular complexity index is 674. The molecule has 0 spiro atoms. The van der Waals surface area contributed by atoms with Gasteiger partial charge in [-0.3, -0.25) is 15.5 Å². The molecule has 7 heteroatoms. The minimum absolute atomic E-state index is 0.0658. The summed E-state index contributed by atoms with van der Waals surface area (Å²) in [6.07, 6.45) is 1.34. The summed E-state index contributed by atoms with van der Waals surface area (Å²) < 4.78 is 0.991. The molecule has 0 unspecified atom stereocenters. The number of para-hydroxylation sites is 1. The maximum absolute atomic E-state index is 10.7. The Kier molecular flexibility index (Phi) is 4.51. The highest BCUT2D eigenvalue weighted by atomic mass is 127. The van der Waals surface area contributed by atoms with Gasteiger partial charge in [-0.1, -0.05) is 12.1 Å². The van der Waals surface area contributed by atoms with Crippen LogP contribution in [-0.2, 0) is 0 Å². The van der Waals surface area contributed by atoms with Gasteiger partial charge in [-0.05, 0) is 40.8 Å². The molecule has 0 atom stereocenters. The highest BCUT2D eigenvalue weighted by Gasteiger charge is 2.08. The van der Waals surface area contributed by atoms with Crippen molar-refractivity contribution >= 4 is 40.2 Å². The number of nitro benzene ring substituents is 1. The molecule has 0 aliphatic heterocycles. The van der Waals surface area contributed by atoms with Gasteiger partial charge in [0.15, 0.2) is 0 Å². The zero-order valence-electron chi connectivity index (χ0n) is 10.2. The third-order valence-electron chi connectivity index (χ3n) is 2.48. The number of phenolic OH excluding ortho intramolecular Hbond substituents is 1. The minimum atomic E-state index is -0.523. The highest BCUT2D eigenvalue weighted by molar-refractivity contribution is 14.1. The van der Waals surface area contributed by atoms with Crippen LogP contribution in [0.4, 0.5) is 11.4 Å². The monoisotopic (exact) mass is 383 g/mol. The Hall–Kier alpha value is -2.16. The highest BCUT2D eigenvalue weighted by Crippen LogP contribution is 2.21. The molecule has 0 saturated heterocycles. The Morgan fingerprint density at radius 2 is 2.05 bits per heavy atom. The number of hydrazone groups is 1. The average molecular weight is 383 g/mol. The Labute approximate surface area is 128 Å². The van der Waals surface area contributed by atoms with Gasteiger partial charge in [0.25, 0.3) is 5.69 Å². The summed E-state index contributed by atoms with van der Waals surface area (Å²) in [5.74, 6) is -0.0658. The van der Waals surface area contributed by atoms with E-state index in [0.717, 1.165) is 9.26 Å². The van der Waals surface area contributed by atoms with Gasteiger partial charge in [-0.25, -0.2) is 0 Å². The number of non-ortho nitro benzene ring substituents is 1. The predicted octanol–water partition coefficient (Wildman–Crippen LogP) is 3.35. The summed E-state index contributed by atoms with van der Waals surface area (Å²) in [6, 6.07) is 11.3. The van der Waals surface area contributed by atoms with E-state index in [2.05, 4.69) is 33.1 Å². The van der Waals surface area contributed by atoms with Gasteiger partial charge >= 0.3 is 0 Å². The lowest BCUT2D eigenvalue weighted by molar-refractivity contribution is -0.384. The van der Waals surface area contributed by atoms with E-state index in [1.807, 2.05) is 24.3 Å². The van der Waals surface area contributed by atoms with Crippen LogP contribution in [0.3, 0.4) is 0 Å². The predicted molar refractivity (Wildman–Crippen MR) is 85.1 cm³/mol. The standard InChI is InChI=1S/C13H10IN3O3/c14-11-3-1-2-4-12(11)16-15-8-9-7-10(17(19)20)5-6-13(9)18/h1-8,16,18H/b15-8-. The van der Waals surface area contributed by atoms with Gasteiger partial charge < -0.3 is 5.11 Å². The van der Waals surface area contributed by atoms with E-state index in [1.165, 1.54) is 24.4 Å². The normalized spacial score (nSPS) is 10.7. The van der Waals surface area contributed by atoms with Crippen molar-refractivity contribution in [3.05, 3.63) is 61.7 Å². The summed E-state index contributed by atoms with van der Waals surface area (Å²) in [7, 11) is 0. The van der Waals surface area contributed by atoms with E-state index in [4.69, 9.17) is 0 Å². The SMILES string of the molecule is O=[N+]([O-])c1ccc(O)c(/C=N\Nc2ccccc2I)c1. The van der Waals surface area contributed by atoms with Crippen molar-refractivity contribution in [3.63, 3.8) is 0 Å². The Morgan fingerprint density at radius 3 is 2.75 bits per heavy atom. The molecule has 0 bridgehead atoms. The first-order chi connectivity index (χ1) is 9.58. The maximum Gasteiger partial charge on any atom is 0.270 e. The zero-order valence-corrected chi connectivity index (χ0v) is 12.3. The van der Waals surface area contributed by atoms with Gasteiger partial charge in [0.1, 0.15) is 5.75 Å². The van der Waals surface area contributed by atoms with Crippen LogP contribution in [0.5, 0.6) is 5.75 Å². The third-order valence-corrected chi connectivity index (χ3v) is 3.43. The molecule has 2 N–H and O–H groups in total. The van der Waals surface area contributed by atoms with Gasteiger partial charge in [-0.2, -0.15) is 5.10 Å². The molecular formula is C13H10IN3O3. The number of aromatic hydroxyl groups is 1. The fourth-order valence-corrected chi connectivity index (χ4v) is 1.99. The second-order valence-corrected chi connectivity index (χ2v) is 5.01. The molecule has 0 aliphatic carbocycles. The first-order valence-electron chi connectivity index (χ1n) is 5.59. The third kappa shape index (κ3) is 3.44. The van der Waals surface area contributed by atoms with Crippen molar-refractivity contribution in [1.29, 1.82) is 0 Å². The summed E-state index contributed by atoms with van der Waals surface area (Å²) in [5, 5.41) is 24.3. The van der Waals surface area contributed by atoms with Crippen LogP contribution >= 0.6 is 22.6 Å². The molecule has 20 heavy (non-hydrogen) atoms. The number of hydrogen-bond acceptors (Lipinski definition) is 5. The molecule has 6 nitrogen and oxygen atoms in total. The lowest BCUT2D eigenvalue weighted by Gasteiger charge is -2.03. The summed E-state index contributed by atoms with van der Waals surface area (Å²) in [5.41, 5.74) is 3.81. The molecule has 0 saturated carbocycles. The van der Waals surface area contributed by atoms with Gasteiger partial charge in [-0.15, -0.1) is 0 Å². The molecule has 2 rings (SSSR count). The second kappa shape index (κ2) is 6.33. The molecule has 0 amide bonds. The molecule has 2 aromatic carbocycles. The van der Waals surface area contributed by atoms with Crippen LogP contribution in [0.1, 0.15) is 5.56 Å². The lowest BCUT2D eigenvalue weighted by atomic mass is 10.2. The Morgan fingerprint density at radius 1 is 1.30 bits per heavy atom. The van der Waals surface area contributed by atoms with Crippen molar-refractivity contribution in [2.45, 2.75) is 0 Å². The molecule has 0 aromatic heterocycles. The summed E-state index contributed by atoms with van der Waals surface area (Å²) in [6.45, 7) is 0.